The third kappa shape index (κ3) is 7.95. The maximum absolute atomic E-state index is 14.9. The Morgan fingerprint density at radius 3 is 2.47 bits per heavy atom. The summed E-state index contributed by atoms with van der Waals surface area (Å²) in [7, 11) is 1.59. The van der Waals surface area contributed by atoms with Crippen LogP contribution in [0.5, 0.6) is 0 Å². The van der Waals surface area contributed by atoms with Crippen LogP contribution in [0.15, 0.2) is 35.1 Å². The molecule has 2 fully saturated rings. The van der Waals surface area contributed by atoms with Gasteiger partial charge in [0, 0.05) is 64.2 Å². The second-order valence-electron chi connectivity index (χ2n) is 12.8. The molecule has 15 heteroatoms. The second kappa shape index (κ2) is 14.2. The smallest absolute Gasteiger partial charge is 0.407 e. The highest BCUT2D eigenvalue weighted by Gasteiger charge is 2.39. The largest absolute Gasteiger partial charge is 0.444 e. The predicted octanol–water partition coefficient (Wildman–Crippen LogP) is 4.47. The van der Waals surface area contributed by atoms with Crippen molar-refractivity contribution in [2.45, 2.75) is 77.2 Å². The zero-order chi connectivity index (χ0) is 33.9. The van der Waals surface area contributed by atoms with Crippen molar-refractivity contribution in [1.29, 1.82) is 0 Å². The third-order valence-corrected chi connectivity index (χ3v) is 8.47. The number of amides is 2. The number of halogens is 2. The van der Waals surface area contributed by atoms with Crippen molar-refractivity contribution in [3.63, 3.8) is 0 Å². The van der Waals surface area contributed by atoms with Crippen LogP contribution in [0.2, 0.25) is 0 Å². The molecule has 13 nitrogen and oxygen atoms in total. The molecule has 2 aliphatic rings. The minimum atomic E-state index is -0.738. The molecular formula is C32H42F2N8O5. The summed E-state index contributed by atoms with van der Waals surface area (Å²) in [5.74, 6) is -1.16. The number of ether oxygens (including phenoxy) is 2. The highest BCUT2D eigenvalue weighted by Crippen LogP contribution is 2.32. The van der Waals surface area contributed by atoms with Gasteiger partial charge in [-0.05, 0) is 71.2 Å². The monoisotopic (exact) mass is 656 g/mol. The first-order valence-electron chi connectivity index (χ1n) is 15.8. The molecule has 5 rings (SSSR count). The van der Waals surface area contributed by atoms with Crippen LogP contribution >= 0.6 is 0 Å². The first kappa shape index (κ1) is 33.9. The first-order chi connectivity index (χ1) is 22.4. The molecule has 0 radical (unpaired) electrons. The van der Waals surface area contributed by atoms with Gasteiger partial charge in [0.2, 0.25) is 11.8 Å². The van der Waals surface area contributed by atoms with Crippen molar-refractivity contribution in [2.24, 2.45) is 0 Å². The summed E-state index contributed by atoms with van der Waals surface area (Å²) in [4.78, 5) is 45.2. The lowest BCUT2D eigenvalue weighted by atomic mass is 9.94. The van der Waals surface area contributed by atoms with E-state index >= 15 is 0 Å². The van der Waals surface area contributed by atoms with E-state index in [0.717, 1.165) is 18.2 Å². The van der Waals surface area contributed by atoms with Crippen LogP contribution in [0.3, 0.4) is 0 Å². The average Bonchev–Trinajstić information content (AvgIpc) is 3.70. The number of anilines is 2. The number of carbonyl (C=O) groups is 2. The molecule has 2 aliphatic heterocycles. The first-order valence-corrected chi connectivity index (χ1v) is 15.8. The van der Waals surface area contributed by atoms with Crippen LogP contribution in [0, 0.1) is 11.6 Å². The maximum atomic E-state index is 14.9. The van der Waals surface area contributed by atoms with Gasteiger partial charge in [-0.3, -0.25) is 4.79 Å². The number of carbonyl (C=O) groups excluding carboxylic acids is 2. The highest BCUT2D eigenvalue weighted by atomic mass is 19.1. The normalized spacial score (nSPS) is 19.5. The molecule has 4 heterocycles. The van der Waals surface area contributed by atoms with Gasteiger partial charge in [0.1, 0.15) is 23.3 Å². The molecule has 2 saturated heterocycles. The molecule has 2 aromatic heterocycles. The Bertz CT molecular complexity index is 1540. The third-order valence-electron chi connectivity index (χ3n) is 8.47. The molecule has 1 N–H and O–H groups in total. The number of methoxy groups -OCH3 is 1. The molecule has 2 amide bonds. The molecule has 0 spiro atoms. The number of rotatable bonds is 9. The lowest BCUT2D eigenvalue weighted by Gasteiger charge is -2.37. The fourth-order valence-corrected chi connectivity index (χ4v) is 6.01. The van der Waals surface area contributed by atoms with Crippen LogP contribution in [0.4, 0.5) is 25.5 Å². The number of nitrogens with one attached hydrogen (secondary N) is 1. The molecular weight excluding hydrogens is 614 g/mol. The SMILES string of the molecule is CCN(C(=O)c1cnc(N2C[C@H](NC(=O)OC(C)(C)C)[C@@H](c3cc(F)ccc3F)C2)nc1)C1CCN(c2nc([C@H](C)OC)no2)CC1. The minimum Gasteiger partial charge on any atom is -0.444 e. The van der Waals surface area contributed by atoms with Gasteiger partial charge < -0.3 is 34.0 Å². The Kier molecular flexibility index (Phi) is 10.2. The van der Waals surface area contributed by atoms with Gasteiger partial charge in [-0.25, -0.2) is 23.5 Å². The van der Waals surface area contributed by atoms with Gasteiger partial charge in [-0.2, -0.15) is 4.98 Å². The minimum absolute atomic E-state index is 0.00362. The van der Waals surface area contributed by atoms with E-state index in [2.05, 4.69) is 25.4 Å². The summed E-state index contributed by atoms with van der Waals surface area (Å²) >= 11 is 0. The molecule has 47 heavy (non-hydrogen) atoms. The van der Waals surface area contributed by atoms with E-state index in [-0.39, 0.29) is 36.7 Å². The maximum Gasteiger partial charge on any atom is 0.407 e. The van der Waals surface area contributed by atoms with Crippen LogP contribution in [-0.4, -0.2) is 94.5 Å². The Morgan fingerprint density at radius 2 is 1.83 bits per heavy atom. The quantitative estimate of drug-likeness (QED) is 0.349. The van der Waals surface area contributed by atoms with Crippen LogP contribution < -0.4 is 15.1 Å². The number of hydrogen-bond donors (Lipinski definition) is 1. The van der Waals surface area contributed by atoms with E-state index in [1.54, 1.807) is 32.8 Å². The zero-order valence-electron chi connectivity index (χ0n) is 27.6. The number of benzene rings is 1. The van der Waals surface area contributed by atoms with Crippen molar-refractivity contribution >= 4 is 24.0 Å². The van der Waals surface area contributed by atoms with E-state index in [9.17, 15) is 18.4 Å². The fraction of sp³-hybridized carbons (Fsp3) is 0.562. The summed E-state index contributed by atoms with van der Waals surface area (Å²) in [5.41, 5.74) is -0.268. The Hall–Kier alpha value is -4.40. The highest BCUT2D eigenvalue weighted by molar-refractivity contribution is 5.94. The Morgan fingerprint density at radius 1 is 1.13 bits per heavy atom. The topological polar surface area (TPSA) is 139 Å². The van der Waals surface area contributed by atoms with Crippen LogP contribution in [0.1, 0.15) is 81.2 Å². The van der Waals surface area contributed by atoms with E-state index in [1.807, 2.05) is 23.6 Å². The van der Waals surface area contributed by atoms with Gasteiger partial charge in [-0.15, -0.1) is 0 Å². The molecule has 3 aromatic rings. The Labute approximate surface area is 272 Å². The van der Waals surface area contributed by atoms with Gasteiger partial charge in [0.05, 0.1) is 11.6 Å². The summed E-state index contributed by atoms with van der Waals surface area (Å²) in [6.07, 6.45) is 3.45. The number of alkyl carbamates (subject to hydrolysis) is 1. The van der Waals surface area contributed by atoms with Crippen LogP contribution in [-0.2, 0) is 9.47 Å². The zero-order valence-corrected chi connectivity index (χ0v) is 27.6. The molecule has 0 aliphatic carbocycles. The van der Waals surface area contributed by atoms with Gasteiger partial charge in [0.25, 0.3) is 5.91 Å². The number of hydrogen-bond acceptors (Lipinski definition) is 11. The van der Waals surface area contributed by atoms with Gasteiger partial charge in [0.15, 0.2) is 0 Å². The number of nitrogens with zero attached hydrogens (tertiary/aromatic N) is 7. The average molecular weight is 657 g/mol. The summed E-state index contributed by atoms with van der Waals surface area (Å²) in [6, 6.07) is 3.09. The van der Waals surface area contributed by atoms with Crippen molar-refractivity contribution in [2.75, 3.05) is 49.6 Å². The number of piperidine rings is 1. The Balaban J connectivity index is 1.25. The molecule has 3 atom stereocenters. The van der Waals surface area contributed by atoms with Crippen LogP contribution in [0.25, 0.3) is 0 Å². The number of aromatic nitrogens is 4. The summed E-state index contributed by atoms with van der Waals surface area (Å²) < 4.78 is 45.1. The lowest BCUT2D eigenvalue weighted by molar-refractivity contribution is 0.0504. The van der Waals surface area contributed by atoms with Crippen molar-refractivity contribution in [3.8, 4) is 0 Å². The summed E-state index contributed by atoms with van der Waals surface area (Å²) in [5, 5.41) is 6.81. The van der Waals surface area contributed by atoms with Crippen molar-refractivity contribution in [3.05, 3.63) is 59.2 Å². The van der Waals surface area contributed by atoms with Crippen molar-refractivity contribution < 1.29 is 32.4 Å². The van der Waals surface area contributed by atoms with E-state index < -0.39 is 35.3 Å². The standard InChI is InChI=1S/C32H42F2N8O5/c1-7-42(22-10-12-40(13-11-22)30-38-27(39-47-30)19(2)45-6)28(43)20-15-35-29(36-16-20)41-17-24(23-14-21(33)8-9-25(23)34)26(18-41)37-31(44)46-32(3,4)5/h8-9,14-16,19,22,24,26H,7,10-13,17-18H2,1-6H3,(H,37,44)/t19-,24+,26-/m0/s1. The van der Waals surface area contributed by atoms with Gasteiger partial charge in [-0.1, -0.05) is 5.16 Å². The molecule has 0 unspecified atom stereocenters. The van der Waals surface area contributed by atoms with Crippen molar-refractivity contribution in [1.82, 2.24) is 30.3 Å². The molecule has 0 bridgehead atoms. The fourth-order valence-electron chi connectivity index (χ4n) is 6.01. The van der Waals surface area contributed by atoms with E-state index in [0.29, 0.717) is 55.8 Å². The molecule has 0 saturated carbocycles. The van der Waals surface area contributed by atoms with E-state index in [4.69, 9.17) is 14.0 Å². The summed E-state index contributed by atoms with van der Waals surface area (Å²) in [6.45, 7) is 11.2. The predicted molar refractivity (Wildman–Crippen MR) is 168 cm³/mol. The second-order valence-corrected chi connectivity index (χ2v) is 12.8. The molecule has 1 aromatic carbocycles. The van der Waals surface area contributed by atoms with Gasteiger partial charge >= 0.3 is 12.1 Å². The lowest BCUT2D eigenvalue weighted by Crippen LogP contribution is -2.47. The van der Waals surface area contributed by atoms with E-state index in [1.165, 1.54) is 12.4 Å². The molecule has 254 valence electrons.